The van der Waals surface area contributed by atoms with Crippen LogP contribution in [0.3, 0.4) is 0 Å². The van der Waals surface area contributed by atoms with Crippen LogP contribution in [0.2, 0.25) is 0 Å². The minimum Gasteiger partial charge on any atom is -0.493 e. The van der Waals surface area contributed by atoms with Crippen molar-refractivity contribution in [3.63, 3.8) is 0 Å². The number of amides is 1. The third-order valence-electron chi connectivity index (χ3n) is 3.63. The summed E-state index contributed by atoms with van der Waals surface area (Å²) in [5.41, 5.74) is 5.82. The van der Waals surface area contributed by atoms with Gasteiger partial charge in [0.2, 0.25) is 0 Å². The number of nitrogens with zero attached hydrogens (tertiary/aromatic N) is 3. The predicted molar refractivity (Wildman–Crippen MR) is 89.8 cm³/mol. The van der Waals surface area contributed by atoms with Crippen LogP contribution in [0.5, 0.6) is 5.75 Å². The van der Waals surface area contributed by atoms with Crippen LogP contribution >= 0.6 is 0 Å². The number of carbonyl (C=O) groups is 1. The maximum absolute atomic E-state index is 12.3. The Morgan fingerprint density at radius 3 is 2.65 bits per heavy atom. The molecule has 7 nitrogen and oxygen atoms in total. The van der Waals surface area contributed by atoms with Crippen molar-refractivity contribution in [3.8, 4) is 5.75 Å². The van der Waals surface area contributed by atoms with Gasteiger partial charge in [-0.1, -0.05) is 0 Å². The Labute approximate surface area is 137 Å². The monoisotopic (exact) mass is 322 g/mol. The first-order chi connectivity index (χ1) is 10.7. The topological polar surface area (TPSA) is 80.9 Å². The van der Waals surface area contributed by atoms with Crippen molar-refractivity contribution in [2.24, 2.45) is 0 Å². The number of carbonyl (C=O) groups excluding carboxylic acids is 1. The van der Waals surface area contributed by atoms with Gasteiger partial charge in [-0.15, -0.1) is 0 Å². The zero-order valence-electron chi connectivity index (χ0n) is 14.5. The molecule has 1 aromatic heterocycles. The molecule has 2 N–H and O–H groups in total. The van der Waals surface area contributed by atoms with Gasteiger partial charge in [-0.05, 0) is 27.7 Å². The van der Waals surface area contributed by atoms with E-state index in [-0.39, 0.29) is 12.1 Å². The van der Waals surface area contributed by atoms with Gasteiger partial charge in [0.05, 0.1) is 19.0 Å². The van der Waals surface area contributed by atoms with E-state index in [1.165, 1.54) is 0 Å². The Hall–Kier alpha value is -2.18. The van der Waals surface area contributed by atoms with E-state index >= 15 is 0 Å². The zero-order valence-corrected chi connectivity index (χ0v) is 14.5. The number of pyridine rings is 1. The average Bonchev–Trinajstić information content (AvgIpc) is 2.44. The highest BCUT2D eigenvalue weighted by Gasteiger charge is 2.32. The number of nitrogens with two attached hydrogens (primary N) is 1. The lowest BCUT2D eigenvalue weighted by Gasteiger charge is -2.40. The number of nitrogen functional groups attached to an aromatic ring is 1. The smallest absolute Gasteiger partial charge is 0.410 e. The molecule has 0 radical (unpaired) electrons. The summed E-state index contributed by atoms with van der Waals surface area (Å²) < 4.78 is 10.8. The summed E-state index contributed by atoms with van der Waals surface area (Å²) in [7, 11) is 1.60. The highest BCUT2D eigenvalue weighted by atomic mass is 16.6. The molecule has 1 aliphatic rings. The fraction of sp³-hybridized carbons (Fsp3) is 0.625. The summed E-state index contributed by atoms with van der Waals surface area (Å²) >= 11 is 0. The first-order valence-electron chi connectivity index (χ1n) is 7.75. The van der Waals surface area contributed by atoms with Gasteiger partial charge in [-0.3, -0.25) is 0 Å². The van der Waals surface area contributed by atoms with Gasteiger partial charge in [-0.2, -0.15) is 0 Å². The molecule has 1 amide bonds. The molecular weight excluding hydrogens is 296 g/mol. The van der Waals surface area contributed by atoms with Crippen molar-refractivity contribution >= 4 is 17.6 Å². The van der Waals surface area contributed by atoms with Crippen LogP contribution in [0, 0.1) is 0 Å². The number of aromatic nitrogens is 1. The Morgan fingerprint density at radius 1 is 1.39 bits per heavy atom. The molecule has 23 heavy (non-hydrogen) atoms. The van der Waals surface area contributed by atoms with Gasteiger partial charge in [0.15, 0.2) is 11.6 Å². The maximum atomic E-state index is 12.3. The number of hydrogen-bond acceptors (Lipinski definition) is 6. The molecule has 1 aromatic rings. The zero-order chi connectivity index (χ0) is 17.2. The molecule has 0 spiro atoms. The summed E-state index contributed by atoms with van der Waals surface area (Å²) in [5, 5.41) is 0. The normalized spacial score (nSPS) is 18.7. The Bertz CT molecular complexity index is 571. The van der Waals surface area contributed by atoms with E-state index in [4.69, 9.17) is 15.2 Å². The molecule has 1 saturated heterocycles. The molecule has 2 heterocycles. The van der Waals surface area contributed by atoms with Crippen molar-refractivity contribution in [1.29, 1.82) is 0 Å². The van der Waals surface area contributed by atoms with Gasteiger partial charge in [0.25, 0.3) is 0 Å². The van der Waals surface area contributed by atoms with E-state index in [0.29, 0.717) is 31.1 Å². The van der Waals surface area contributed by atoms with Gasteiger partial charge < -0.3 is 25.0 Å². The molecule has 1 unspecified atom stereocenters. The molecule has 0 aliphatic carbocycles. The summed E-state index contributed by atoms with van der Waals surface area (Å²) in [6.07, 6.45) is 1.34. The van der Waals surface area contributed by atoms with Gasteiger partial charge in [-0.25, -0.2) is 9.78 Å². The van der Waals surface area contributed by atoms with Crippen molar-refractivity contribution in [1.82, 2.24) is 9.88 Å². The van der Waals surface area contributed by atoms with Crippen LogP contribution in [-0.4, -0.2) is 54.4 Å². The Kier molecular flexibility index (Phi) is 4.87. The summed E-state index contributed by atoms with van der Waals surface area (Å²) in [6.45, 7) is 9.51. The van der Waals surface area contributed by atoms with Gasteiger partial charge >= 0.3 is 6.09 Å². The second-order valence-electron chi connectivity index (χ2n) is 6.76. The van der Waals surface area contributed by atoms with Crippen LogP contribution in [0.1, 0.15) is 27.7 Å². The molecule has 0 aromatic carbocycles. The number of hydrogen-bond donors (Lipinski definition) is 1. The van der Waals surface area contributed by atoms with Gasteiger partial charge in [0.1, 0.15) is 5.60 Å². The molecule has 1 atom stereocenters. The summed E-state index contributed by atoms with van der Waals surface area (Å²) in [5.74, 6) is 1.39. The highest BCUT2D eigenvalue weighted by molar-refractivity contribution is 5.69. The number of piperazine rings is 1. The lowest BCUT2D eigenvalue weighted by molar-refractivity contribution is 0.0158. The molecule has 128 valence electrons. The number of ether oxygens (including phenoxy) is 2. The molecule has 1 fully saturated rings. The average molecular weight is 322 g/mol. The van der Waals surface area contributed by atoms with E-state index in [1.807, 2.05) is 27.7 Å². The van der Waals surface area contributed by atoms with Crippen molar-refractivity contribution in [3.05, 3.63) is 12.3 Å². The third kappa shape index (κ3) is 4.18. The molecular formula is C16H26N4O3. The van der Waals surface area contributed by atoms with Crippen molar-refractivity contribution < 1.29 is 14.3 Å². The first kappa shape index (κ1) is 17.2. The fourth-order valence-electron chi connectivity index (χ4n) is 2.58. The molecule has 0 bridgehead atoms. The fourth-order valence-corrected chi connectivity index (χ4v) is 2.58. The third-order valence-corrected chi connectivity index (χ3v) is 3.63. The minimum atomic E-state index is -0.490. The second-order valence-corrected chi connectivity index (χ2v) is 6.76. The summed E-state index contributed by atoms with van der Waals surface area (Å²) in [6, 6.07) is 1.77. The Morgan fingerprint density at radius 2 is 2.09 bits per heavy atom. The highest BCUT2D eigenvalue weighted by Crippen LogP contribution is 2.29. The standard InChI is InChI=1S/C16H26N4O3/c1-11-10-19(14-13(22-5)8-12(17)9-18-14)6-7-20(11)15(21)23-16(2,3)4/h8-9,11H,6-7,10,17H2,1-5H3. The van der Waals surface area contributed by atoms with Crippen LogP contribution < -0.4 is 15.4 Å². The second kappa shape index (κ2) is 6.52. The molecule has 2 rings (SSSR count). The van der Waals surface area contributed by atoms with Crippen LogP contribution in [-0.2, 0) is 4.74 Å². The summed E-state index contributed by atoms with van der Waals surface area (Å²) in [4.78, 5) is 20.5. The number of methoxy groups -OCH3 is 1. The largest absolute Gasteiger partial charge is 0.493 e. The lowest BCUT2D eigenvalue weighted by atomic mass is 10.2. The quantitative estimate of drug-likeness (QED) is 0.898. The van der Waals surface area contributed by atoms with Gasteiger partial charge in [0, 0.05) is 31.7 Å². The number of anilines is 2. The molecule has 7 heteroatoms. The number of rotatable bonds is 2. The van der Waals surface area contributed by atoms with Crippen LogP contribution in [0.25, 0.3) is 0 Å². The van der Waals surface area contributed by atoms with E-state index in [0.717, 1.165) is 5.82 Å². The van der Waals surface area contributed by atoms with Crippen molar-refractivity contribution in [2.45, 2.75) is 39.3 Å². The van der Waals surface area contributed by atoms with E-state index in [2.05, 4.69) is 9.88 Å². The van der Waals surface area contributed by atoms with Crippen molar-refractivity contribution in [2.75, 3.05) is 37.4 Å². The minimum absolute atomic E-state index is 0.0164. The SMILES string of the molecule is COc1cc(N)cnc1N1CCN(C(=O)OC(C)(C)C)C(C)C1. The molecule has 0 saturated carbocycles. The van der Waals surface area contributed by atoms with E-state index in [9.17, 15) is 4.79 Å². The Balaban J connectivity index is 2.08. The van der Waals surface area contributed by atoms with E-state index < -0.39 is 5.60 Å². The van der Waals surface area contributed by atoms with Crippen LogP contribution in [0.4, 0.5) is 16.3 Å². The van der Waals surface area contributed by atoms with Crippen LogP contribution in [0.15, 0.2) is 12.3 Å². The predicted octanol–water partition coefficient (Wildman–Crippen LogP) is 2.12. The van der Waals surface area contributed by atoms with E-state index in [1.54, 1.807) is 24.3 Å². The molecule has 1 aliphatic heterocycles. The lowest BCUT2D eigenvalue weighted by Crippen LogP contribution is -2.55. The maximum Gasteiger partial charge on any atom is 0.410 e. The first-order valence-corrected chi connectivity index (χ1v) is 7.75.